The highest BCUT2D eigenvalue weighted by atomic mass is 32.1. The Balaban J connectivity index is 1.42. The van der Waals surface area contributed by atoms with Gasteiger partial charge in [-0.15, -0.1) is 11.3 Å². The topological polar surface area (TPSA) is 8.17 Å². The molecular formula is C39H25BN2S. The van der Waals surface area contributed by atoms with E-state index in [1.54, 1.807) is 0 Å². The van der Waals surface area contributed by atoms with Gasteiger partial charge in [0.1, 0.15) is 0 Å². The zero-order chi connectivity index (χ0) is 28.2. The zero-order valence-corrected chi connectivity index (χ0v) is 24.7. The first-order valence-corrected chi connectivity index (χ1v) is 16.0. The van der Waals surface area contributed by atoms with Gasteiger partial charge in [-0.25, -0.2) is 0 Å². The molecule has 3 aliphatic heterocycles. The fourth-order valence-electron chi connectivity index (χ4n) is 8.78. The molecule has 0 N–H and O–H groups in total. The predicted octanol–water partition coefficient (Wildman–Crippen LogP) is 9.22. The van der Waals surface area contributed by atoms with E-state index in [4.69, 9.17) is 0 Å². The SMILES string of the molecule is CC1(C)c2ccccc2N2c3cc4ccccc4c4c3B(c3cccc1c32)n1c2c-4cccc2c2sc3ccccc3c21. The monoisotopic (exact) mass is 564 g/mol. The molecule has 4 heteroatoms. The number of rotatable bonds is 0. The van der Waals surface area contributed by atoms with Gasteiger partial charge in [-0.05, 0) is 56.6 Å². The van der Waals surface area contributed by atoms with E-state index < -0.39 is 0 Å². The highest BCUT2D eigenvalue weighted by molar-refractivity contribution is 7.27. The highest BCUT2D eigenvalue weighted by Crippen LogP contribution is 2.55. The van der Waals surface area contributed by atoms with Crippen molar-refractivity contribution in [3.8, 4) is 11.1 Å². The minimum absolute atomic E-state index is 0.0785. The van der Waals surface area contributed by atoms with E-state index in [0.717, 1.165) is 0 Å². The van der Waals surface area contributed by atoms with E-state index >= 15 is 0 Å². The van der Waals surface area contributed by atoms with Crippen molar-refractivity contribution in [2.75, 3.05) is 4.90 Å². The van der Waals surface area contributed by atoms with Crippen LogP contribution in [0.25, 0.3) is 53.1 Å². The Kier molecular flexibility index (Phi) is 3.91. The Hall–Kier alpha value is -4.80. The maximum atomic E-state index is 2.72. The van der Waals surface area contributed by atoms with E-state index in [-0.39, 0.29) is 12.3 Å². The molecule has 200 valence electrons. The fraction of sp³-hybridized carbons (Fsp3) is 0.0769. The van der Waals surface area contributed by atoms with Crippen LogP contribution in [-0.4, -0.2) is 11.3 Å². The van der Waals surface area contributed by atoms with Crippen LogP contribution in [0.4, 0.5) is 17.1 Å². The second-order valence-electron chi connectivity index (χ2n) is 12.9. The number of fused-ring (bicyclic) bond motifs is 13. The van der Waals surface area contributed by atoms with Gasteiger partial charge in [-0.1, -0.05) is 111 Å². The van der Waals surface area contributed by atoms with Crippen molar-refractivity contribution < 1.29 is 0 Å². The molecule has 11 rings (SSSR count). The third-order valence-corrected chi connectivity index (χ3v) is 11.7. The first kappa shape index (κ1) is 22.8. The Bertz CT molecular complexity index is 2570. The average Bonchev–Trinajstić information content (AvgIpc) is 3.57. The highest BCUT2D eigenvalue weighted by Gasteiger charge is 2.48. The molecular weight excluding hydrogens is 539 g/mol. The van der Waals surface area contributed by atoms with Gasteiger partial charge in [0.15, 0.2) is 0 Å². The molecule has 0 radical (unpaired) electrons. The molecule has 6 aromatic carbocycles. The zero-order valence-electron chi connectivity index (χ0n) is 23.8. The molecule has 0 amide bonds. The lowest BCUT2D eigenvalue weighted by atomic mass is 9.44. The lowest BCUT2D eigenvalue weighted by Gasteiger charge is -2.48. The molecule has 0 fully saturated rings. The lowest BCUT2D eigenvalue weighted by molar-refractivity contribution is 0.632. The van der Waals surface area contributed by atoms with Crippen molar-refractivity contribution in [2.45, 2.75) is 19.3 Å². The third kappa shape index (κ3) is 2.49. The summed E-state index contributed by atoms with van der Waals surface area (Å²) in [5.41, 5.74) is 14.9. The van der Waals surface area contributed by atoms with E-state index in [9.17, 15) is 0 Å². The van der Waals surface area contributed by atoms with Crippen LogP contribution in [0, 0.1) is 0 Å². The molecule has 0 unspecified atom stereocenters. The first-order valence-electron chi connectivity index (χ1n) is 15.2. The first-order chi connectivity index (χ1) is 21.1. The van der Waals surface area contributed by atoms with Crippen molar-refractivity contribution in [3.63, 3.8) is 0 Å². The number of benzene rings is 6. The Morgan fingerprint density at radius 2 is 1.40 bits per heavy atom. The summed E-state index contributed by atoms with van der Waals surface area (Å²) in [6.07, 6.45) is 0. The number of anilines is 3. The fourth-order valence-corrected chi connectivity index (χ4v) is 10.0. The molecule has 0 saturated heterocycles. The molecule has 0 aliphatic carbocycles. The van der Waals surface area contributed by atoms with E-state index in [1.807, 2.05) is 11.3 Å². The smallest absolute Gasteiger partial charge is 0.333 e. The molecule has 3 aliphatic rings. The van der Waals surface area contributed by atoms with Gasteiger partial charge in [0.05, 0.1) is 15.9 Å². The molecule has 2 nitrogen and oxygen atoms in total. The standard InChI is InChI=1S/C39H25BN2S/c1-39(2)27-16-6-7-19-30(27)41-31-21-22-11-3-4-12-23(22)33-25-14-9-15-26-35(25)42(36-24-13-5-8-20-32(24)43-38(26)36)40(34(31)33)29-18-10-17-28(39)37(29)41/h3-21H,1-2H3. The molecule has 2 aromatic heterocycles. The molecule has 0 saturated carbocycles. The van der Waals surface area contributed by atoms with Crippen LogP contribution >= 0.6 is 11.3 Å². The van der Waals surface area contributed by atoms with Crippen LogP contribution in [0.1, 0.15) is 25.0 Å². The second-order valence-corrected chi connectivity index (χ2v) is 13.9. The Morgan fingerprint density at radius 1 is 0.651 bits per heavy atom. The minimum Gasteiger partial charge on any atom is -0.374 e. The lowest BCUT2D eigenvalue weighted by Crippen LogP contribution is -2.58. The van der Waals surface area contributed by atoms with Crippen molar-refractivity contribution in [2.24, 2.45) is 0 Å². The normalized spacial score (nSPS) is 15.3. The van der Waals surface area contributed by atoms with Crippen molar-refractivity contribution >= 4 is 88.2 Å². The van der Waals surface area contributed by atoms with Gasteiger partial charge in [0.2, 0.25) is 0 Å². The number of para-hydroxylation sites is 3. The van der Waals surface area contributed by atoms with Gasteiger partial charge in [-0.3, -0.25) is 0 Å². The number of hydrogen-bond acceptors (Lipinski definition) is 2. The number of hydrogen-bond donors (Lipinski definition) is 0. The van der Waals surface area contributed by atoms with Crippen molar-refractivity contribution in [1.29, 1.82) is 0 Å². The largest absolute Gasteiger partial charge is 0.374 e. The van der Waals surface area contributed by atoms with Crippen LogP contribution in [0.5, 0.6) is 0 Å². The van der Waals surface area contributed by atoms with Crippen LogP contribution < -0.4 is 15.8 Å². The number of aromatic nitrogens is 1. The molecule has 0 spiro atoms. The average molecular weight is 565 g/mol. The summed E-state index contributed by atoms with van der Waals surface area (Å²) in [5, 5.41) is 5.35. The van der Waals surface area contributed by atoms with Gasteiger partial charge in [0.25, 0.3) is 0 Å². The van der Waals surface area contributed by atoms with E-state index in [0.29, 0.717) is 0 Å². The van der Waals surface area contributed by atoms with Crippen molar-refractivity contribution in [1.82, 2.24) is 4.48 Å². The molecule has 0 atom stereocenters. The second kappa shape index (κ2) is 7.40. The van der Waals surface area contributed by atoms with Gasteiger partial charge in [0, 0.05) is 43.3 Å². The predicted molar refractivity (Wildman–Crippen MR) is 185 cm³/mol. The van der Waals surface area contributed by atoms with Crippen molar-refractivity contribution in [3.05, 3.63) is 126 Å². The maximum absolute atomic E-state index is 2.72. The van der Waals surface area contributed by atoms with Crippen LogP contribution in [0.15, 0.2) is 115 Å². The Labute approximate surface area is 253 Å². The van der Waals surface area contributed by atoms with Crippen LogP contribution in [0.2, 0.25) is 0 Å². The van der Waals surface area contributed by atoms with Gasteiger partial charge in [-0.2, -0.15) is 0 Å². The van der Waals surface area contributed by atoms with E-state index in [2.05, 4.69) is 138 Å². The van der Waals surface area contributed by atoms with E-state index in [1.165, 1.54) is 92.2 Å². The van der Waals surface area contributed by atoms with Gasteiger partial charge >= 0.3 is 6.85 Å². The summed E-state index contributed by atoms with van der Waals surface area (Å²) < 4.78 is 5.48. The maximum Gasteiger partial charge on any atom is 0.333 e. The molecule has 43 heavy (non-hydrogen) atoms. The van der Waals surface area contributed by atoms with Crippen LogP contribution in [-0.2, 0) is 5.41 Å². The summed E-state index contributed by atoms with van der Waals surface area (Å²) in [5.74, 6) is 0. The summed E-state index contributed by atoms with van der Waals surface area (Å²) in [6.45, 7) is 4.87. The number of thiophene rings is 1. The minimum atomic E-state index is -0.112. The number of nitrogens with zero attached hydrogens (tertiary/aromatic N) is 2. The van der Waals surface area contributed by atoms with Crippen LogP contribution in [0.3, 0.4) is 0 Å². The summed E-state index contributed by atoms with van der Waals surface area (Å²) in [4.78, 5) is 2.60. The summed E-state index contributed by atoms with van der Waals surface area (Å²) >= 11 is 1.94. The Morgan fingerprint density at radius 3 is 2.33 bits per heavy atom. The summed E-state index contributed by atoms with van der Waals surface area (Å²) in [6, 6.07) is 43.6. The molecule has 5 heterocycles. The van der Waals surface area contributed by atoms with Gasteiger partial charge < -0.3 is 9.38 Å². The quantitative estimate of drug-likeness (QED) is 0.167. The molecule has 8 aromatic rings. The summed E-state index contributed by atoms with van der Waals surface area (Å²) in [7, 11) is 0. The third-order valence-electron chi connectivity index (χ3n) is 10.5. The molecule has 0 bridgehead atoms.